The minimum Gasteiger partial charge on any atom is -0.477 e. The monoisotopic (exact) mass is 279 g/mol. The fraction of sp³-hybridized carbons (Fsp3) is 0.600. The number of nitrogens with zero attached hydrogens (tertiary/aromatic N) is 1. The van der Waals surface area contributed by atoms with Gasteiger partial charge in [0.2, 0.25) is 11.2 Å². The zero-order valence-corrected chi connectivity index (χ0v) is 12.2. The Bertz CT molecular complexity index is 527. The summed E-state index contributed by atoms with van der Waals surface area (Å²) in [6.45, 7) is 7.38. The molecule has 0 spiro atoms. The number of carbonyl (C=O) groups is 1. The fourth-order valence-electron chi connectivity index (χ4n) is 2.70. The maximum absolute atomic E-state index is 12.1. The number of aryl methyl sites for hydroxylation is 1. The number of hydrogen-bond acceptors (Lipinski definition) is 4. The van der Waals surface area contributed by atoms with Gasteiger partial charge in [-0.1, -0.05) is 13.8 Å². The molecule has 1 aromatic heterocycles. The van der Waals surface area contributed by atoms with Crippen LogP contribution in [0.2, 0.25) is 0 Å². The summed E-state index contributed by atoms with van der Waals surface area (Å²) in [7, 11) is 0. The van der Waals surface area contributed by atoms with Crippen molar-refractivity contribution in [3.8, 4) is 5.75 Å². The molecule has 1 fully saturated rings. The van der Waals surface area contributed by atoms with Gasteiger partial charge in [-0.05, 0) is 25.2 Å². The van der Waals surface area contributed by atoms with E-state index in [0.717, 1.165) is 19.5 Å². The lowest BCUT2D eigenvalue weighted by atomic mass is 9.92. The SMILES string of the molecule is Cc1cc(=O)c(OCC(=O)N2CC(C)CC(C)C2)co1. The Morgan fingerprint density at radius 1 is 1.40 bits per heavy atom. The van der Waals surface area contributed by atoms with Crippen molar-refractivity contribution in [2.24, 2.45) is 11.8 Å². The molecule has 0 N–H and O–H groups in total. The van der Waals surface area contributed by atoms with Gasteiger partial charge < -0.3 is 14.1 Å². The largest absolute Gasteiger partial charge is 0.477 e. The first-order valence-corrected chi connectivity index (χ1v) is 6.95. The maximum Gasteiger partial charge on any atom is 0.260 e. The highest BCUT2D eigenvalue weighted by Gasteiger charge is 2.25. The molecule has 0 aromatic carbocycles. The second-order valence-corrected chi connectivity index (χ2v) is 5.75. The number of rotatable bonds is 3. The Labute approximate surface area is 118 Å². The zero-order chi connectivity index (χ0) is 14.7. The third kappa shape index (κ3) is 3.62. The van der Waals surface area contributed by atoms with Gasteiger partial charge in [0.1, 0.15) is 12.0 Å². The number of likely N-dealkylation sites (tertiary alicyclic amines) is 1. The standard InChI is InChI=1S/C15H21NO4/c1-10-4-11(2)7-16(6-10)15(18)9-20-14-8-19-12(3)5-13(14)17/h5,8,10-11H,4,6-7,9H2,1-3H3. The molecule has 2 rings (SSSR count). The van der Waals surface area contributed by atoms with Crippen molar-refractivity contribution >= 4 is 5.91 Å². The average Bonchev–Trinajstić information content (AvgIpc) is 2.36. The number of piperidine rings is 1. The first-order chi connectivity index (χ1) is 9.45. The van der Waals surface area contributed by atoms with Crippen LogP contribution in [0.5, 0.6) is 5.75 Å². The summed E-state index contributed by atoms with van der Waals surface area (Å²) in [4.78, 5) is 25.5. The summed E-state index contributed by atoms with van der Waals surface area (Å²) in [5, 5.41) is 0. The van der Waals surface area contributed by atoms with Gasteiger partial charge in [0.05, 0.1) is 0 Å². The molecule has 1 aliphatic heterocycles. The van der Waals surface area contributed by atoms with Gasteiger partial charge in [-0.25, -0.2) is 0 Å². The van der Waals surface area contributed by atoms with Crippen molar-refractivity contribution in [2.75, 3.05) is 19.7 Å². The Hall–Kier alpha value is -1.78. The van der Waals surface area contributed by atoms with Gasteiger partial charge in [0, 0.05) is 19.2 Å². The average molecular weight is 279 g/mol. The van der Waals surface area contributed by atoms with Gasteiger partial charge in [-0.15, -0.1) is 0 Å². The Morgan fingerprint density at radius 2 is 2.05 bits per heavy atom. The Balaban J connectivity index is 1.93. The lowest BCUT2D eigenvalue weighted by molar-refractivity contribution is -0.136. The second kappa shape index (κ2) is 6.11. The van der Waals surface area contributed by atoms with Crippen LogP contribution in [-0.2, 0) is 4.79 Å². The van der Waals surface area contributed by atoms with Crippen LogP contribution < -0.4 is 10.2 Å². The van der Waals surface area contributed by atoms with E-state index in [1.54, 1.807) is 6.92 Å². The molecule has 0 radical (unpaired) electrons. The Morgan fingerprint density at radius 3 is 2.65 bits per heavy atom. The van der Waals surface area contributed by atoms with Crippen molar-refractivity contribution in [3.63, 3.8) is 0 Å². The molecule has 1 amide bonds. The van der Waals surface area contributed by atoms with Gasteiger partial charge in [0.15, 0.2) is 6.61 Å². The molecule has 2 heterocycles. The van der Waals surface area contributed by atoms with Crippen molar-refractivity contribution in [2.45, 2.75) is 27.2 Å². The molecule has 2 unspecified atom stereocenters. The first kappa shape index (κ1) is 14.6. The predicted molar refractivity (Wildman–Crippen MR) is 74.7 cm³/mol. The molecule has 0 bridgehead atoms. The van der Waals surface area contributed by atoms with E-state index >= 15 is 0 Å². The highest BCUT2D eigenvalue weighted by molar-refractivity contribution is 5.77. The molecule has 20 heavy (non-hydrogen) atoms. The van der Waals surface area contributed by atoms with Crippen LogP contribution >= 0.6 is 0 Å². The summed E-state index contributed by atoms with van der Waals surface area (Å²) in [6.07, 6.45) is 2.40. The van der Waals surface area contributed by atoms with E-state index in [2.05, 4.69) is 13.8 Å². The van der Waals surface area contributed by atoms with E-state index < -0.39 is 0 Å². The van der Waals surface area contributed by atoms with E-state index in [9.17, 15) is 9.59 Å². The molecule has 0 saturated carbocycles. The summed E-state index contributed by atoms with van der Waals surface area (Å²) in [6, 6.07) is 1.35. The lowest BCUT2D eigenvalue weighted by Gasteiger charge is -2.34. The van der Waals surface area contributed by atoms with Crippen LogP contribution in [0.3, 0.4) is 0 Å². The number of carbonyl (C=O) groups excluding carboxylic acids is 1. The van der Waals surface area contributed by atoms with Crippen molar-refractivity contribution < 1.29 is 13.9 Å². The first-order valence-electron chi connectivity index (χ1n) is 6.95. The van der Waals surface area contributed by atoms with E-state index in [0.29, 0.717) is 17.6 Å². The summed E-state index contributed by atoms with van der Waals surface area (Å²) in [5.74, 6) is 1.54. The molecular weight excluding hydrogens is 258 g/mol. The van der Waals surface area contributed by atoms with Gasteiger partial charge >= 0.3 is 0 Å². The quantitative estimate of drug-likeness (QED) is 0.847. The van der Waals surface area contributed by atoms with E-state index in [-0.39, 0.29) is 23.7 Å². The zero-order valence-electron chi connectivity index (χ0n) is 12.2. The van der Waals surface area contributed by atoms with Crippen LogP contribution in [0, 0.1) is 18.8 Å². The van der Waals surface area contributed by atoms with Gasteiger partial charge in [-0.2, -0.15) is 0 Å². The molecule has 1 aromatic rings. The van der Waals surface area contributed by atoms with Gasteiger partial charge in [-0.3, -0.25) is 9.59 Å². The fourth-order valence-corrected chi connectivity index (χ4v) is 2.70. The van der Waals surface area contributed by atoms with E-state index in [4.69, 9.17) is 9.15 Å². The molecule has 2 atom stereocenters. The highest BCUT2D eigenvalue weighted by atomic mass is 16.5. The summed E-state index contributed by atoms with van der Waals surface area (Å²) >= 11 is 0. The normalized spacial score (nSPS) is 22.6. The molecule has 110 valence electrons. The second-order valence-electron chi connectivity index (χ2n) is 5.75. The number of hydrogen-bond donors (Lipinski definition) is 0. The molecule has 0 aliphatic carbocycles. The number of ether oxygens (including phenoxy) is 1. The van der Waals surface area contributed by atoms with Crippen LogP contribution in [0.4, 0.5) is 0 Å². The van der Waals surface area contributed by atoms with E-state index in [1.807, 2.05) is 4.90 Å². The van der Waals surface area contributed by atoms with Crippen LogP contribution in [0.1, 0.15) is 26.0 Å². The molecule has 5 heteroatoms. The van der Waals surface area contributed by atoms with Crippen molar-refractivity contribution in [1.82, 2.24) is 4.90 Å². The maximum atomic E-state index is 12.1. The summed E-state index contributed by atoms with van der Waals surface area (Å²) in [5.41, 5.74) is -0.262. The lowest BCUT2D eigenvalue weighted by Crippen LogP contribution is -2.44. The third-order valence-corrected chi connectivity index (χ3v) is 3.50. The molecule has 1 saturated heterocycles. The van der Waals surface area contributed by atoms with E-state index in [1.165, 1.54) is 12.3 Å². The van der Waals surface area contributed by atoms with Crippen molar-refractivity contribution in [1.29, 1.82) is 0 Å². The van der Waals surface area contributed by atoms with Crippen LogP contribution in [0.25, 0.3) is 0 Å². The predicted octanol–water partition coefficient (Wildman–Crippen LogP) is 1.83. The molecule has 5 nitrogen and oxygen atoms in total. The third-order valence-electron chi connectivity index (χ3n) is 3.50. The number of amides is 1. The topological polar surface area (TPSA) is 59.8 Å². The van der Waals surface area contributed by atoms with Crippen LogP contribution in [0.15, 0.2) is 21.5 Å². The molecule has 1 aliphatic rings. The van der Waals surface area contributed by atoms with Gasteiger partial charge in [0.25, 0.3) is 5.91 Å². The molecular formula is C15H21NO4. The Kier molecular flexibility index (Phi) is 4.47. The summed E-state index contributed by atoms with van der Waals surface area (Å²) < 4.78 is 10.4. The minimum atomic E-state index is -0.262. The van der Waals surface area contributed by atoms with Crippen molar-refractivity contribution in [3.05, 3.63) is 28.3 Å². The highest BCUT2D eigenvalue weighted by Crippen LogP contribution is 2.21. The minimum absolute atomic E-state index is 0.0802. The van der Waals surface area contributed by atoms with Crippen LogP contribution in [-0.4, -0.2) is 30.5 Å². The smallest absolute Gasteiger partial charge is 0.260 e.